The highest BCUT2D eigenvalue weighted by Gasteiger charge is 2.67. The summed E-state index contributed by atoms with van der Waals surface area (Å²) in [5.74, 6) is -1.04. The Morgan fingerprint density at radius 2 is 2.33 bits per heavy atom. The van der Waals surface area contributed by atoms with Gasteiger partial charge in [-0.3, -0.25) is 4.79 Å². The van der Waals surface area contributed by atoms with Gasteiger partial charge in [0.1, 0.15) is 18.0 Å². The summed E-state index contributed by atoms with van der Waals surface area (Å²) >= 11 is 0. The van der Waals surface area contributed by atoms with Crippen LogP contribution in [0, 0.1) is 11.3 Å². The number of aliphatic hydroxyl groups excluding tert-OH is 1. The monoisotopic (exact) mass is 332 g/mol. The molecule has 128 valence electrons. The van der Waals surface area contributed by atoms with Crippen LogP contribution < -0.4 is 0 Å². The molecule has 0 aromatic heterocycles. The van der Waals surface area contributed by atoms with Gasteiger partial charge in [-0.15, -0.1) is 0 Å². The lowest BCUT2D eigenvalue weighted by atomic mass is 9.51. The summed E-state index contributed by atoms with van der Waals surface area (Å²) in [4.78, 5) is 15.0. The minimum atomic E-state index is -2.93. The van der Waals surface area contributed by atoms with Crippen molar-refractivity contribution in [2.45, 2.75) is 50.0 Å². The van der Waals surface area contributed by atoms with Crippen LogP contribution in [-0.4, -0.2) is 58.3 Å². The molecule has 0 aromatic rings. The summed E-state index contributed by atoms with van der Waals surface area (Å²) in [5.41, 5.74) is -0.924. The zero-order valence-corrected chi connectivity index (χ0v) is 13.5. The number of likely N-dealkylation sites (tertiary alicyclic amines) is 1. The van der Waals surface area contributed by atoms with Gasteiger partial charge in [-0.1, -0.05) is 18.2 Å². The van der Waals surface area contributed by atoms with Gasteiger partial charge >= 0.3 is 0 Å². The van der Waals surface area contributed by atoms with Gasteiger partial charge < -0.3 is 19.8 Å². The number of Topliss-reactive ketones (excluding diaryl/α,β-unsaturated/α-hetero) is 1. The maximum Gasteiger partial charge on any atom is 0.183 e. The maximum absolute atomic E-state index is 12.7. The minimum Gasteiger partial charge on any atom is -0.487 e. The molecule has 0 radical (unpaired) electrons. The first-order valence-corrected chi connectivity index (χ1v) is 8.56. The summed E-state index contributed by atoms with van der Waals surface area (Å²) < 4.78 is 28.7. The van der Waals surface area contributed by atoms with E-state index in [1.807, 2.05) is 12.2 Å². The molecule has 2 bridgehead atoms. The zero-order chi connectivity index (χ0) is 19.4. The van der Waals surface area contributed by atoms with Crippen molar-refractivity contribution < 1.29 is 23.9 Å². The van der Waals surface area contributed by atoms with Crippen LogP contribution in [0.2, 0.25) is 0 Å². The molecule has 5 heteroatoms. The summed E-state index contributed by atoms with van der Waals surface area (Å²) in [5, 5.41) is 21.8. The van der Waals surface area contributed by atoms with Gasteiger partial charge in [-0.05, 0) is 38.9 Å². The van der Waals surface area contributed by atoms with Crippen molar-refractivity contribution >= 4 is 5.78 Å². The van der Waals surface area contributed by atoms with Gasteiger partial charge in [0.05, 0.1) is 0 Å². The fourth-order valence-electron chi connectivity index (χ4n) is 5.69. The number of ether oxygens (including phenoxy) is 1. The molecule has 2 heterocycles. The van der Waals surface area contributed by atoms with Crippen molar-refractivity contribution in [2.75, 3.05) is 13.6 Å². The molecule has 5 nitrogen and oxygen atoms in total. The molecular formula is C19H23NO4. The van der Waals surface area contributed by atoms with E-state index in [0.29, 0.717) is 0 Å². The summed E-state index contributed by atoms with van der Waals surface area (Å²) in [7, 11) is 2.09. The largest absolute Gasteiger partial charge is 0.487 e. The van der Waals surface area contributed by atoms with E-state index in [9.17, 15) is 15.0 Å². The number of carbonyl (C=O) groups is 1. The molecule has 24 heavy (non-hydrogen) atoms. The van der Waals surface area contributed by atoms with E-state index in [4.69, 9.17) is 8.85 Å². The van der Waals surface area contributed by atoms with E-state index < -0.39 is 35.9 Å². The van der Waals surface area contributed by atoms with Crippen molar-refractivity contribution in [1.82, 2.24) is 4.90 Å². The normalized spacial score (nSPS) is 51.1. The molecule has 3 aliphatic carbocycles. The summed E-state index contributed by atoms with van der Waals surface area (Å²) in [6, 6.07) is 0.257. The first-order valence-electron chi connectivity index (χ1n) is 10.1. The molecule has 5 rings (SSSR count). The number of hydrogen-bond acceptors (Lipinski definition) is 5. The molecule has 0 aromatic carbocycles. The Morgan fingerprint density at radius 1 is 1.50 bits per heavy atom. The third kappa shape index (κ3) is 1.46. The smallest absolute Gasteiger partial charge is 0.183 e. The third-order valence-corrected chi connectivity index (χ3v) is 6.87. The number of hydrogen-bond donors (Lipinski definition) is 2. The van der Waals surface area contributed by atoms with Crippen molar-refractivity contribution in [1.29, 1.82) is 0 Å². The Balaban J connectivity index is 1.72. The van der Waals surface area contributed by atoms with E-state index in [0.717, 1.165) is 30.5 Å². The van der Waals surface area contributed by atoms with Gasteiger partial charge in [0.2, 0.25) is 0 Å². The number of piperidine rings is 1. The highest BCUT2D eigenvalue weighted by atomic mass is 16.5. The molecule has 1 spiro atoms. The molecule has 6 atom stereocenters. The SMILES string of the molecule is [2H]C([2H])([2H])C(=O)C1(O)CC=C2C[C@@H]3[C@@H]4C=C[C@H](O)[C@@H]5OC1=C2[C@]45CCN3C. The van der Waals surface area contributed by atoms with Gasteiger partial charge in [0.15, 0.2) is 11.4 Å². The topological polar surface area (TPSA) is 70.0 Å². The van der Waals surface area contributed by atoms with E-state index >= 15 is 0 Å². The molecular weight excluding hydrogens is 306 g/mol. The first-order chi connectivity index (χ1) is 12.6. The molecule has 2 N–H and O–H groups in total. The average molecular weight is 332 g/mol. The van der Waals surface area contributed by atoms with Crippen LogP contribution >= 0.6 is 0 Å². The van der Waals surface area contributed by atoms with Crippen LogP contribution in [0.15, 0.2) is 35.1 Å². The van der Waals surface area contributed by atoms with Gasteiger partial charge in [0.25, 0.3) is 0 Å². The quantitative estimate of drug-likeness (QED) is 0.699. The second kappa shape index (κ2) is 4.40. The zero-order valence-electron chi connectivity index (χ0n) is 16.5. The molecule has 2 aliphatic heterocycles. The fourth-order valence-corrected chi connectivity index (χ4v) is 5.69. The molecule has 2 fully saturated rings. The summed E-state index contributed by atoms with van der Waals surface area (Å²) in [6.45, 7) is -2.11. The van der Waals surface area contributed by atoms with Crippen LogP contribution in [-0.2, 0) is 9.53 Å². The Labute approximate surface area is 145 Å². The summed E-state index contributed by atoms with van der Waals surface area (Å²) in [6.07, 6.45) is 5.50. The van der Waals surface area contributed by atoms with Crippen molar-refractivity contribution in [3.05, 3.63) is 35.1 Å². The second-order valence-electron chi connectivity index (χ2n) is 7.81. The van der Waals surface area contributed by atoms with Crippen molar-refractivity contribution in [3.8, 4) is 0 Å². The van der Waals surface area contributed by atoms with Gasteiger partial charge in [-0.2, -0.15) is 0 Å². The minimum absolute atomic E-state index is 0.0712. The van der Waals surface area contributed by atoms with Crippen molar-refractivity contribution in [2.24, 2.45) is 11.3 Å². The molecule has 1 saturated heterocycles. The third-order valence-electron chi connectivity index (χ3n) is 6.87. The van der Waals surface area contributed by atoms with Crippen LogP contribution in [0.25, 0.3) is 0 Å². The average Bonchev–Trinajstić information content (AvgIpc) is 2.96. The van der Waals surface area contributed by atoms with E-state index in [1.165, 1.54) is 0 Å². The predicted molar refractivity (Wildman–Crippen MR) is 87.0 cm³/mol. The lowest BCUT2D eigenvalue weighted by molar-refractivity contribution is -0.138. The first kappa shape index (κ1) is 12.0. The number of ketones is 1. The molecule has 1 saturated carbocycles. The van der Waals surface area contributed by atoms with Crippen molar-refractivity contribution in [3.63, 3.8) is 0 Å². The number of aliphatic hydroxyl groups is 2. The second-order valence-corrected chi connectivity index (χ2v) is 7.81. The van der Waals surface area contributed by atoms with Crippen LogP contribution in [0.1, 0.15) is 30.2 Å². The Hall–Kier alpha value is -1.43. The lowest BCUT2D eigenvalue weighted by Gasteiger charge is -2.58. The van der Waals surface area contributed by atoms with Gasteiger partial charge in [0, 0.05) is 33.5 Å². The fraction of sp³-hybridized carbons (Fsp3) is 0.632. The highest BCUT2D eigenvalue weighted by molar-refractivity contribution is 5.89. The van der Waals surface area contributed by atoms with Crippen LogP contribution in [0.3, 0.4) is 0 Å². The number of nitrogens with zero attached hydrogens (tertiary/aromatic N) is 1. The number of rotatable bonds is 1. The Kier molecular flexibility index (Phi) is 2.20. The number of carbonyl (C=O) groups excluding carboxylic acids is 1. The molecule has 5 aliphatic rings. The Morgan fingerprint density at radius 3 is 3.12 bits per heavy atom. The van der Waals surface area contributed by atoms with Gasteiger partial charge in [-0.25, -0.2) is 0 Å². The van der Waals surface area contributed by atoms with E-state index in [-0.39, 0.29) is 24.1 Å². The highest BCUT2D eigenvalue weighted by Crippen LogP contribution is 2.65. The lowest BCUT2D eigenvalue weighted by Crippen LogP contribution is -2.62. The molecule has 1 unspecified atom stereocenters. The Bertz CT molecular complexity index is 831. The van der Waals surface area contributed by atoms with E-state index in [2.05, 4.69) is 11.9 Å². The van der Waals surface area contributed by atoms with Crippen LogP contribution in [0.4, 0.5) is 0 Å². The molecule has 0 amide bonds. The standard InChI is InChI=1S/C19H23NO4/c1-10(21)19(23)6-5-11-9-13-12-3-4-14(22)16-18(12,7-8-20(13)2)15(11)17(19)24-16/h3-5,12-14,16,22-23H,6-9H2,1-2H3/t12-,13+,14-,16-,18-,19?/m0/s1/i1D3. The predicted octanol–water partition coefficient (Wildman–Crippen LogP) is 0.931. The maximum atomic E-state index is 12.7. The van der Waals surface area contributed by atoms with Crippen LogP contribution in [0.5, 0.6) is 0 Å². The van der Waals surface area contributed by atoms with E-state index in [1.54, 1.807) is 6.08 Å².